The number of hydrogen-bond donors (Lipinski definition) is 3. The summed E-state index contributed by atoms with van der Waals surface area (Å²) in [5.74, 6) is -2.79. The lowest BCUT2D eigenvalue weighted by molar-refractivity contribution is -0.147. The third-order valence-electron chi connectivity index (χ3n) is 3.64. The molecule has 0 aliphatic carbocycles. The molecule has 0 radical (unpaired) electrons. The minimum Gasteiger partial charge on any atom is -0.479 e. The van der Waals surface area contributed by atoms with Gasteiger partial charge in [0.1, 0.15) is 11.9 Å². The van der Waals surface area contributed by atoms with E-state index in [0.29, 0.717) is 0 Å². The SMILES string of the molecule is CC(NC(=O)C(C)(C)C)C(=O)NC(C)(C(=O)O)c1ccc(F)cc1. The van der Waals surface area contributed by atoms with Crippen molar-refractivity contribution < 1.29 is 23.9 Å². The van der Waals surface area contributed by atoms with E-state index in [4.69, 9.17) is 0 Å². The van der Waals surface area contributed by atoms with Crippen molar-refractivity contribution in [2.24, 2.45) is 5.41 Å². The Morgan fingerprint density at radius 3 is 2.00 bits per heavy atom. The van der Waals surface area contributed by atoms with Gasteiger partial charge in [-0.3, -0.25) is 9.59 Å². The lowest BCUT2D eigenvalue weighted by Gasteiger charge is -2.29. The summed E-state index contributed by atoms with van der Waals surface area (Å²) in [5.41, 5.74) is -2.20. The van der Waals surface area contributed by atoms with Crippen molar-refractivity contribution >= 4 is 17.8 Å². The van der Waals surface area contributed by atoms with Crippen molar-refractivity contribution in [2.75, 3.05) is 0 Å². The molecule has 132 valence electrons. The van der Waals surface area contributed by atoms with Gasteiger partial charge in [0.05, 0.1) is 0 Å². The highest BCUT2D eigenvalue weighted by Crippen LogP contribution is 2.22. The summed E-state index contributed by atoms with van der Waals surface area (Å²) >= 11 is 0. The number of carbonyl (C=O) groups excluding carboxylic acids is 2. The molecule has 0 bridgehead atoms. The van der Waals surface area contributed by atoms with E-state index < -0.39 is 34.7 Å². The van der Waals surface area contributed by atoms with Gasteiger partial charge in [-0.1, -0.05) is 32.9 Å². The lowest BCUT2D eigenvalue weighted by atomic mass is 9.91. The monoisotopic (exact) mass is 338 g/mol. The van der Waals surface area contributed by atoms with Crippen molar-refractivity contribution in [1.82, 2.24) is 10.6 Å². The number of rotatable bonds is 5. The number of nitrogens with one attached hydrogen (secondary N) is 2. The minimum atomic E-state index is -1.74. The third kappa shape index (κ3) is 4.53. The Kier molecular flexibility index (Phi) is 5.71. The maximum Gasteiger partial charge on any atom is 0.333 e. The van der Waals surface area contributed by atoms with Gasteiger partial charge in [-0.2, -0.15) is 0 Å². The topological polar surface area (TPSA) is 95.5 Å². The predicted molar refractivity (Wildman–Crippen MR) is 86.6 cm³/mol. The first-order chi connectivity index (χ1) is 10.9. The second-order valence-electron chi connectivity index (χ2n) is 6.87. The number of benzene rings is 1. The number of amides is 2. The van der Waals surface area contributed by atoms with Crippen molar-refractivity contribution in [2.45, 2.75) is 46.2 Å². The summed E-state index contributed by atoms with van der Waals surface area (Å²) in [7, 11) is 0. The van der Waals surface area contributed by atoms with Gasteiger partial charge in [0.2, 0.25) is 11.8 Å². The second kappa shape index (κ2) is 6.98. The summed E-state index contributed by atoms with van der Waals surface area (Å²) in [4.78, 5) is 35.9. The molecule has 0 aliphatic heterocycles. The van der Waals surface area contributed by atoms with E-state index in [1.165, 1.54) is 26.0 Å². The number of carboxylic acid groups (broad SMARTS) is 1. The normalized spacial score (nSPS) is 15.1. The summed E-state index contributed by atoms with van der Waals surface area (Å²) in [6.07, 6.45) is 0. The highest BCUT2D eigenvalue weighted by molar-refractivity contribution is 5.93. The Morgan fingerprint density at radius 1 is 1.08 bits per heavy atom. The molecule has 0 spiro atoms. The Hall–Kier alpha value is -2.44. The smallest absolute Gasteiger partial charge is 0.333 e. The molecule has 7 heteroatoms. The van der Waals surface area contributed by atoms with Gasteiger partial charge in [-0.15, -0.1) is 0 Å². The van der Waals surface area contributed by atoms with Crippen LogP contribution in [0.2, 0.25) is 0 Å². The summed E-state index contributed by atoms with van der Waals surface area (Å²) in [6, 6.07) is 3.90. The molecule has 2 amide bonds. The van der Waals surface area contributed by atoms with Crippen LogP contribution in [0.1, 0.15) is 40.2 Å². The number of carboxylic acids is 1. The summed E-state index contributed by atoms with van der Waals surface area (Å²) in [6.45, 7) is 7.87. The molecule has 24 heavy (non-hydrogen) atoms. The molecule has 0 aliphatic rings. The lowest BCUT2D eigenvalue weighted by Crippen LogP contribution is -2.56. The van der Waals surface area contributed by atoms with E-state index in [0.717, 1.165) is 12.1 Å². The molecule has 1 rings (SSSR count). The fourth-order valence-corrected chi connectivity index (χ4v) is 1.87. The van der Waals surface area contributed by atoms with E-state index >= 15 is 0 Å². The Labute approximate surface area is 140 Å². The Balaban J connectivity index is 2.96. The molecule has 3 N–H and O–H groups in total. The van der Waals surface area contributed by atoms with E-state index in [-0.39, 0.29) is 11.5 Å². The van der Waals surface area contributed by atoms with Crippen LogP contribution in [-0.4, -0.2) is 28.9 Å². The van der Waals surface area contributed by atoms with Gasteiger partial charge >= 0.3 is 5.97 Å². The molecule has 0 saturated heterocycles. The molecule has 0 aromatic heterocycles. The van der Waals surface area contributed by atoms with Crippen LogP contribution in [0, 0.1) is 11.2 Å². The zero-order valence-corrected chi connectivity index (χ0v) is 14.4. The quantitative estimate of drug-likeness (QED) is 0.763. The molecule has 1 aromatic rings. The number of aliphatic carboxylic acids is 1. The molecular weight excluding hydrogens is 315 g/mol. The third-order valence-corrected chi connectivity index (χ3v) is 3.64. The zero-order valence-electron chi connectivity index (χ0n) is 14.4. The zero-order chi connectivity index (χ0) is 18.7. The van der Waals surface area contributed by atoms with Crippen molar-refractivity contribution in [3.8, 4) is 0 Å². The predicted octanol–water partition coefficient (Wildman–Crippen LogP) is 1.79. The van der Waals surface area contributed by atoms with Crippen LogP contribution in [0.4, 0.5) is 4.39 Å². The fraction of sp³-hybridized carbons (Fsp3) is 0.471. The van der Waals surface area contributed by atoms with Gasteiger partial charge in [0, 0.05) is 5.41 Å². The first-order valence-corrected chi connectivity index (χ1v) is 7.50. The van der Waals surface area contributed by atoms with E-state index in [1.807, 2.05) is 0 Å². The molecule has 0 heterocycles. The number of hydrogen-bond acceptors (Lipinski definition) is 3. The van der Waals surface area contributed by atoms with Crippen LogP contribution >= 0.6 is 0 Å². The molecule has 1 aromatic carbocycles. The van der Waals surface area contributed by atoms with Crippen LogP contribution in [-0.2, 0) is 19.9 Å². The van der Waals surface area contributed by atoms with Crippen LogP contribution in [0.5, 0.6) is 0 Å². The molecule has 0 fully saturated rings. The van der Waals surface area contributed by atoms with Gasteiger partial charge in [-0.05, 0) is 31.5 Å². The second-order valence-corrected chi connectivity index (χ2v) is 6.87. The van der Waals surface area contributed by atoms with E-state index in [9.17, 15) is 23.9 Å². The Morgan fingerprint density at radius 2 is 1.58 bits per heavy atom. The molecule has 6 nitrogen and oxygen atoms in total. The minimum absolute atomic E-state index is 0.221. The largest absolute Gasteiger partial charge is 0.479 e. The molecule has 0 saturated carbocycles. The number of carbonyl (C=O) groups is 3. The van der Waals surface area contributed by atoms with Gasteiger partial charge in [0.15, 0.2) is 5.54 Å². The maximum atomic E-state index is 13.0. The van der Waals surface area contributed by atoms with Gasteiger partial charge < -0.3 is 15.7 Å². The maximum absolute atomic E-state index is 13.0. The Bertz CT molecular complexity index is 637. The van der Waals surface area contributed by atoms with Crippen molar-refractivity contribution in [3.05, 3.63) is 35.6 Å². The molecule has 2 atom stereocenters. The highest BCUT2D eigenvalue weighted by Gasteiger charge is 2.38. The van der Waals surface area contributed by atoms with Crippen LogP contribution < -0.4 is 10.6 Å². The van der Waals surface area contributed by atoms with Crippen LogP contribution in [0.25, 0.3) is 0 Å². The van der Waals surface area contributed by atoms with E-state index in [2.05, 4.69) is 10.6 Å². The van der Waals surface area contributed by atoms with Crippen LogP contribution in [0.15, 0.2) is 24.3 Å². The standard InChI is InChI=1S/C17H23FN2O4/c1-10(19-14(22)16(2,3)4)13(21)20-17(5,15(23)24)11-6-8-12(18)9-7-11/h6-10H,1-5H3,(H,19,22)(H,20,21)(H,23,24). The van der Waals surface area contributed by atoms with Crippen LogP contribution in [0.3, 0.4) is 0 Å². The first-order valence-electron chi connectivity index (χ1n) is 7.50. The van der Waals surface area contributed by atoms with Gasteiger partial charge in [-0.25, -0.2) is 9.18 Å². The average molecular weight is 338 g/mol. The average Bonchev–Trinajstić information content (AvgIpc) is 2.46. The van der Waals surface area contributed by atoms with Gasteiger partial charge in [0.25, 0.3) is 0 Å². The molecule has 2 unspecified atom stereocenters. The number of halogens is 1. The first kappa shape index (κ1) is 19.6. The summed E-state index contributed by atoms with van der Waals surface area (Å²) < 4.78 is 13.0. The fourth-order valence-electron chi connectivity index (χ4n) is 1.87. The van der Waals surface area contributed by atoms with Crippen molar-refractivity contribution in [3.63, 3.8) is 0 Å². The van der Waals surface area contributed by atoms with Crippen molar-refractivity contribution in [1.29, 1.82) is 0 Å². The van der Waals surface area contributed by atoms with E-state index in [1.54, 1.807) is 20.8 Å². The summed E-state index contributed by atoms with van der Waals surface area (Å²) in [5, 5.41) is 14.4. The highest BCUT2D eigenvalue weighted by atomic mass is 19.1. The molecular formula is C17H23FN2O4.